The van der Waals surface area contributed by atoms with Crippen LogP contribution >= 0.6 is 11.6 Å². The highest BCUT2D eigenvalue weighted by atomic mass is 35.5. The van der Waals surface area contributed by atoms with E-state index in [1.54, 1.807) is 12.1 Å². The van der Waals surface area contributed by atoms with Gasteiger partial charge in [0.2, 0.25) is 0 Å². The van der Waals surface area contributed by atoms with Gasteiger partial charge in [0, 0.05) is 28.9 Å². The Morgan fingerprint density at radius 2 is 2.29 bits per heavy atom. The molecule has 1 heterocycles. The standard InChI is InChI=1S/C16H18ClNO3/c17-12-3-1-4-13(11(12)7-8-16(19)20)18-9-10-21-15-6-2-5-14(15)18/h1,3-4,7-8,14-15H,2,5-6,9-10H2,(H,19,20). The van der Waals surface area contributed by atoms with Crippen molar-refractivity contribution < 1.29 is 14.6 Å². The molecule has 112 valence electrons. The van der Waals surface area contributed by atoms with E-state index < -0.39 is 5.97 Å². The van der Waals surface area contributed by atoms with Gasteiger partial charge < -0.3 is 14.7 Å². The quantitative estimate of drug-likeness (QED) is 0.871. The molecule has 2 atom stereocenters. The molecule has 0 aromatic heterocycles. The van der Waals surface area contributed by atoms with Crippen molar-refractivity contribution in [2.45, 2.75) is 31.4 Å². The van der Waals surface area contributed by atoms with Gasteiger partial charge in [0.05, 0.1) is 18.8 Å². The van der Waals surface area contributed by atoms with Crippen LogP contribution in [0.15, 0.2) is 24.3 Å². The molecule has 0 amide bonds. The van der Waals surface area contributed by atoms with Crippen molar-refractivity contribution in [3.05, 3.63) is 34.9 Å². The minimum Gasteiger partial charge on any atom is -0.478 e. The number of ether oxygens (including phenoxy) is 1. The summed E-state index contributed by atoms with van der Waals surface area (Å²) in [4.78, 5) is 13.1. The summed E-state index contributed by atoms with van der Waals surface area (Å²) in [7, 11) is 0. The van der Waals surface area contributed by atoms with Gasteiger partial charge in [-0.1, -0.05) is 17.7 Å². The average molecular weight is 308 g/mol. The third-order valence-electron chi connectivity index (χ3n) is 4.21. The second-order valence-corrected chi connectivity index (χ2v) is 5.85. The molecule has 4 nitrogen and oxygen atoms in total. The van der Waals surface area contributed by atoms with Gasteiger partial charge in [-0.15, -0.1) is 0 Å². The third-order valence-corrected chi connectivity index (χ3v) is 4.54. The predicted molar refractivity (Wildman–Crippen MR) is 82.8 cm³/mol. The Balaban J connectivity index is 1.97. The minimum atomic E-state index is -0.971. The van der Waals surface area contributed by atoms with E-state index in [4.69, 9.17) is 21.4 Å². The van der Waals surface area contributed by atoms with Gasteiger partial charge in [0.15, 0.2) is 0 Å². The maximum atomic E-state index is 10.8. The number of carboxylic acids is 1. The van der Waals surface area contributed by atoms with Gasteiger partial charge in [-0.3, -0.25) is 0 Å². The van der Waals surface area contributed by atoms with Crippen molar-refractivity contribution in [1.29, 1.82) is 0 Å². The zero-order valence-electron chi connectivity index (χ0n) is 11.7. The van der Waals surface area contributed by atoms with Crippen LogP contribution in [-0.4, -0.2) is 36.4 Å². The van der Waals surface area contributed by atoms with Crippen LogP contribution in [0.3, 0.4) is 0 Å². The third kappa shape index (κ3) is 2.92. The molecule has 1 saturated heterocycles. The molecule has 21 heavy (non-hydrogen) atoms. The van der Waals surface area contributed by atoms with Crippen LogP contribution in [0.5, 0.6) is 0 Å². The lowest BCUT2D eigenvalue weighted by Crippen LogP contribution is -2.48. The average Bonchev–Trinajstić information content (AvgIpc) is 2.94. The fourth-order valence-electron chi connectivity index (χ4n) is 3.32. The number of carboxylic acid groups (broad SMARTS) is 1. The smallest absolute Gasteiger partial charge is 0.328 e. The molecule has 2 unspecified atom stereocenters. The topological polar surface area (TPSA) is 49.8 Å². The summed E-state index contributed by atoms with van der Waals surface area (Å²) < 4.78 is 5.84. The van der Waals surface area contributed by atoms with Crippen molar-refractivity contribution in [1.82, 2.24) is 0 Å². The highest BCUT2D eigenvalue weighted by Crippen LogP contribution is 2.37. The van der Waals surface area contributed by atoms with Gasteiger partial charge in [0.1, 0.15) is 0 Å². The summed E-state index contributed by atoms with van der Waals surface area (Å²) in [5.41, 5.74) is 1.77. The number of benzene rings is 1. The van der Waals surface area contributed by atoms with Gasteiger partial charge in [-0.25, -0.2) is 4.79 Å². The van der Waals surface area contributed by atoms with Crippen LogP contribution in [0.1, 0.15) is 24.8 Å². The molecule has 0 spiro atoms. The number of carbonyl (C=O) groups is 1. The number of hydrogen-bond acceptors (Lipinski definition) is 3. The van der Waals surface area contributed by atoms with Crippen molar-refractivity contribution in [3.8, 4) is 0 Å². The Morgan fingerprint density at radius 3 is 3.10 bits per heavy atom. The number of anilines is 1. The van der Waals surface area contributed by atoms with E-state index in [2.05, 4.69) is 4.90 Å². The van der Waals surface area contributed by atoms with E-state index in [0.717, 1.165) is 36.7 Å². The van der Waals surface area contributed by atoms with E-state index in [0.29, 0.717) is 17.7 Å². The van der Waals surface area contributed by atoms with Gasteiger partial charge in [0.25, 0.3) is 0 Å². The fraction of sp³-hybridized carbons (Fsp3) is 0.438. The van der Waals surface area contributed by atoms with Crippen LogP contribution in [-0.2, 0) is 9.53 Å². The van der Waals surface area contributed by atoms with Crippen molar-refractivity contribution in [2.75, 3.05) is 18.1 Å². The summed E-state index contributed by atoms with van der Waals surface area (Å²) in [5, 5.41) is 9.43. The summed E-state index contributed by atoms with van der Waals surface area (Å²) >= 11 is 6.27. The van der Waals surface area contributed by atoms with E-state index in [9.17, 15) is 4.79 Å². The maximum Gasteiger partial charge on any atom is 0.328 e. The first-order valence-electron chi connectivity index (χ1n) is 7.24. The Morgan fingerprint density at radius 1 is 1.43 bits per heavy atom. The molecular weight excluding hydrogens is 290 g/mol. The normalized spacial score (nSPS) is 25.3. The first-order valence-corrected chi connectivity index (χ1v) is 7.62. The molecule has 1 aliphatic heterocycles. The second-order valence-electron chi connectivity index (χ2n) is 5.45. The largest absolute Gasteiger partial charge is 0.478 e. The van der Waals surface area contributed by atoms with E-state index in [-0.39, 0.29) is 6.10 Å². The number of aliphatic carboxylic acids is 1. The van der Waals surface area contributed by atoms with Crippen LogP contribution in [0.25, 0.3) is 6.08 Å². The molecule has 1 saturated carbocycles. The Hall–Kier alpha value is -1.52. The Labute approximate surface area is 129 Å². The van der Waals surface area contributed by atoms with Gasteiger partial charge >= 0.3 is 5.97 Å². The molecule has 1 N–H and O–H groups in total. The molecule has 2 fully saturated rings. The number of rotatable bonds is 3. The van der Waals surface area contributed by atoms with Crippen LogP contribution in [0.2, 0.25) is 5.02 Å². The summed E-state index contributed by atoms with van der Waals surface area (Å²) in [6, 6.07) is 6.08. The van der Waals surface area contributed by atoms with Gasteiger partial charge in [-0.05, 0) is 37.5 Å². The first-order chi connectivity index (χ1) is 10.2. The predicted octanol–water partition coefficient (Wildman–Crippen LogP) is 3.20. The van der Waals surface area contributed by atoms with Crippen LogP contribution < -0.4 is 4.90 Å². The molecule has 1 aliphatic carbocycles. The Bertz CT molecular complexity index is 573. The molecule has 3 rings (SSSR count). The summed E-state index contributed by atoms with van der Waals surface area (Å²) in [6.07, 6.45) is 6.39. The fourth-order valence-corrected chi connectivity index (χ4v) is 3.55. The molecular formula is C16H18ClNO3. The molecule has 1 aromatic rings. The van der Waals surface area contributed by atoms with Gasteiger partial charge in [-0.2, -0.15) is 0 Å². The van der Waals surface area contributed by atoms with Crippen molar-refractivity contribution in [2.24, 2.45) is 0 Å². The lowest BCUT2D eigenvalue weighted by Gasteiger charge is -2.40. The molecule has 1 aromatic carbocycles. The van der Waals surface area contributed by atoms with Crippen molar-refractivity contribution >= 4 is 29.3 Å². The summed E-state index contributed by atoms with van der Waals surface area (Å²) in [5.74, 6) is -0.971. The number of nitrogens with zero attached hydrogens (tertiary/aromatic N) is 1. The van der Waals surface area contributed by atoms with E-state index in [1.165, 1.54) is 6.42 Å². The number of hydrogen-bond donors (Lipinski definition) is 1. The highest BCUT2D eigenvalue weighted by Gasteiger charge is 2.36. The lowest BCUT2D eigenvalue weighted by atomic mass is 10.1. The SMILES string of the molecule is O=C(O)C=Cc1c(Cl)cccc1N1CCOC2CCCC21. The zero-order chi connectivity index (χ0) is 14.8. The van der Waals surface area contributed by atoms with E-state index in [1.807, 2.05) is 12.1 Å². The zero-order valence-corrected chi connectivity index (χ0v) is 12.4. The molecule has 5 heteroatoms. The van der Waals surface area contributed by atoms with Crippen molar-refractivity contribution in [3.63, 3.8) is 0 Å². The lowest BCUT2D eigenvalue weighted by molar-refractivity contribution is -0.131. The molecule has 0 radical (unpaired) electrons. The number of morpholine rings is 1. The van der Waals surface area contributed by atoms with Crippen LogP contribution in [0, 0.1) is 0 Å². The molecule has 2 aliphatic rings. The monoisotopic (exact) mass is 307 g/mol. The Kier molecular flexibility index (Phi) is 4.17. The summed E-state index contributed by atoms with van der Waals surface area (Å²) in [6.45, 7) is 1.52. The van der Waals surface area contributed by atoms with Crippen LogP contribution in [0.4, 0.5) is 5.69 Å². The number of halogens is 1. The first kappa shape index (κ1) is 14.4. The highest BCUT2D eigenvalue weighted by molar-refractivity contribution is 6.32. The maximum absolute atomic E-state index is 10.8. The van der Waals surface area contributed by atoms with E-state index >= 15 is 0 Å². The minimum absolute atomic E-state index is 0.286. The molecule has 0 bridgehead atoms. The second kappa shape index (κ2) is 6.08. The number of fused-ring (bicyclic) bond motifs is 1.